The highest BCUT2D eigenvalue weighted by atomic mass is 19.1. The van der Waals surface area contributed by atoms with Crippen LogP contribution in [0.3, 0.4) is 0 Å². The van der Waals surface area contributed by atoms with E-state index in [0.29, 0.717) is 76.3 Å². The summed E-state index contributed by atoms with van der Waals surface area (Å²) in [6, 6.07) is 19.5. The van der Waals surface area contributed by atoms with E-state index in [2.05, 4.69) is 52.5 Å². The van der Waals surface area contributed by atoms with Crippen LogP contribution in [0.4, 0.5) is 27.3 Å². The molecule has 1 aliphatic carbocycles. The molecule has 65 heavy (non-hydrogen) atoms. The molecule has 6 heterocycles. The number of nitrogens with zero attached hydrogens (tertiary/aromatic N) is 8. The van der Waals surface area contributed by atoms with E-state index < -0.39 is 35.5 Å². The zero-order valence-corrected chi connectivity index (χ0v) is 35.6. The van der Waals surface area contributed by atoms with E-state index in [-0.39, 0.29) is 59.5 Å². The summed E-state index contributed by atoms with van der Waals surface area (Å²) < 4.78 is 17.5. The van der Waals surface area contributed by atoms with Gasteiger partial charge in [0.05, 0.1) is 29.6 Å². The molecule has 1 atom stereocenters. The molecular weight excluding hydrogens is 834 g/mol. The lowest BCUT2D eigenvalue weighted by atomic mass is 9.86. The van der Waals surface area contributed by atoms with Crippen LogP contribution in [0.5, 0.6) is 0 Å². The molecule has 6 amide bonds. The maximum Gasteiger partial charge on any atom is 0.262 e. The topological polar surface area (TPSA) is 195 Å². The Hall–Kier alpha value is -7.24. The molecule has 5 aliphatic rings. The molecule has 18 heteroatoms. The van der Waals surface area contributed by atoms with Gasteiger partial charge in [-0.05, 0) is 80.0 Å². The first-order valence-electron chi connectivity index (χ1n) is 22.3. The van der Waals surface area contributed by atoms with Gasteiger partial charge in [-0.1, -0.05) is 30.3 Å². The largest absolute Gasteiger partial charge is 0.369 e. The molecule has 3 aromatic carbocycles. The second kappa shape index (κ2) is 17.4. The van der Waals surface area contributed by atoms with E-state index in [1.807, 2.05) is 52.3 Å². The number of halogens is 1. The maximum atomic E-state index is 15.5. The lowest BCUT2D eigenvalue weighted by Crippen LogP contribution is -2.54. The SMILES string of the molecule is O=C1CC[C@H](N2C(=O)c3cc(F)c(N4CCC(CC(=O)N5CCN(c6ccc(Nc7ncnc8c7ncn8C7CC(NC(=O)Cc8ccccc8)C7)cc6)CC5)CC4)cc3C2=O)C(=O)N1. The van der Waals surface area contributed by atoms with Crippen molar-refractivity contribution in [1.29, 1.82) is 0 Å². The highest BCUT2D eigenvalue weighted by molar-refractivity contribution is 6.23. The Bertz CT molecular complexity index is 2690. The second-order valence-corrected chi connectivity index (χ2v) is 17.6. The van der Waals surface area contributed by atoms with Gasteiger partial charge in [0, 0.05) is 75.6 Å². The minimum atomic E-state index is -1.12. The Morgan fingerprint density at radius 2 is 1.52 bits per heavy atom. The average molecular weight is 882 g/mol. The zero-order chi connectivity index (χ0) is 44.8. The molecule has 334 valence electrons. The summed E-state index contributed by atoms with van der Waals surface area (Å²) in [7, 11) is 0. The molecule has 0 bridgehead atoms. The predicted octanol–water partition coefficient (Wildman–Crippen LogP) is 4.13. The number of piperidine rings is 2. The number of carbonyl (C=O) groups excluding carboxylic acids is 6. The smallest absolute Gasteiger partial charge is 0.262 e. The number of nitrogens with one attached hydrogen (secondary N) is 3. The number of rotatable bonds is 11. The number of imidazole rings is 1. The fraction of sp³-hybridized carbons (Fsp3) is 0.383. The van der Waals surface area contributed by atoms with Crippen LogP contribution in [0.15, 0.2) is 79.4 Å². The van der Waals surface area contributed by atoms with Crippen molar-refractivity contribution >= 4 is 69.5 Å². The van der Waals surface area contributed by atoms with Gasteiger partial charge in [-0.25, -0.2) is 19.3 Å². The van der Waals surface area contributed by atoms with Crippen LogP contribution in [-0.2, 0) is 25.6 Å². The van der Waals surface area contributed by atoms with Gasteiger partial charge in [0.25, 0.3) is 11.8 Å². The summed E-state index contributed by atoms with van der Waals surface area (Å²) in [5.41, 5.74) is 4.46. The van der Waals surface area contributed by atoms with Gasteiger partial charge in [-0.15, -0.1) is 0 Å². The summed E-state index contributed by atoms with van der Waals surface area (Å²) in [4.78, 5) is 97.1. The average Bonchev–Trinajstić information content (AvgIpc) is 3.83. The molecule has 17 nitrogen and oxygen atoms in total. The van der Waals surface area contributed by atoms with E-state index in [4.69, 9.17) is 0 Å². The number of imide groups is 2. The molecule has 4 fully saturated rings. The first kappa shape index (κ1) is 41.8. The van der Waals surface area contributed by atoms with Crippen molar-refractivity contribution in [2.75, 3.05) is 54.4 Å². The molecule has 3 saturated heterocycles. The Morgan fingerprint density at radius 3 is 2.25 bits per heavy atom. The normalized spacial score (nSPS) is 21.3. The number of amides is 6. The molecule has 3 N–H and O–H groups in total. The first-order valence-corrected chi connectivity index (χ1v) is 22.3. The van der Waals surface area contributed by atoms with Crippen molar-refractivity contribution < 1.29 is 33.2 Å². The van der Waals surface area contributed by atoms with E-state index >= 15 is 4.39 Å². The van der Waals surface area contributed by atoms with Crippen LogP contribution in [0.25, 0.3) is 11.2 Å². The fourth-order valence-corrected chi connectivity index (χ4v) is 9.79. The molecule has 5 aromatic rings. The van der Waals surface area contributed by atoms with Crippen molar-refractivity contribution in [1.82, 2.24) is 40.0 Å². The number of anilines is 4. The number of piperazine rings is 1. The van der Waals surface area contributed by atoms with Gasteiger partial charge in [0.15, 0.2) is 17.0 Å². The Labute approximate surface area is 373 Å². The Kier molecular flexibility index (Phi) is 11.2. The van der Waals surface area contributed by atoms with Crippen LogP contribution in [0.2, 0.25) is 0 Å². The number of carbonyl (C=O) groups is 6. The van der Waals surface area contributed by atoms with Crippen molar-refractivity contribution in [2.45, 2.75) is 69.5 Å². The maximum absolute atomic E-state index is 15.5. The highest BCUT2D eigenvalue weighted by Crippen LogP contribution is 2.37. The van der Waals surface area contributed by atoms with Crippen LogP contribution >= 0.6 is 0 Å². The molecular formula is C47H48FN11O6. The van der Waals surface area contributed by atoms with Crippen molar-refractivity contribution in [3.05, 3.63) is 102 Å². The summed E-state index contributed by atoms with van der Waals surface area (Å²) in [6.07, 6.45) is 7.06. The van der Waals surface area contributed by atoms with Crippen molar-refractivity contribution in [3.8, 4) is 0 Å². The molecule has 4 aliphatic heterocycles. The minimum Gasteiger partial charge on any atom is -0.369 e. The molecule has 2 aromatic heterocycles. The van der Waals surface area contributed by atoms with Gasteiger partial charge in [-0.3, -0.25) is 39.0 Å². The van der Waals surface area contributed by atoms with Crippen LogP contribution in [0.1, 0.15) is 77.3 Å². The van der Waals surface area contributed by atoms with Crippen LogP contribution in [0, 0.1) is 11.7 Å². The van der Waals surface area contributed by atoms with Gasteiger partial charge >= 0.3 is 0 Å². The van der Waals surface area contributed by atoms with Gasteiger partial charge in [-0.2, -0.15) is 0 Å². The fourth-order valence-electron chi connectivity index (χ4n) is 9.79. The lowest BCUT2D eigenvalue weighted by Gasteiger charge is -2.38. The number of hydrogen-bond donors (Lipinski definition) is 3. The molecule has 1 saturated carbocycles. The minimum absolute atomic E-state index is 0.000132. The molecule has 10 rings (SSSR count). The van der Waals surface area contributed by atoms with E-state index in [1.165, 1.54) is 12.4 Å². The van der Waals surface area contributed by atoms with Gasteiger partial charge < -0.3 is 29.9 Å². The van der Waals surface area contributed by atoms with E-state index in [1.54, 1.807) is 6.33 Å². The van der Waals surface area contributed by atoms with Gasteiger partial charge in [0.1, 0.15) is 18.2 Å². The van der Waals surface area contributed by atoms with Crippen LogP contribution < -0.4 is 25.8 Å². The number of fused-ring (bicyclic) bond motifs is 2. The number of aromatic nitrogens is 4. The Balaban J connectivity index is 0.678. The standard InChI is InChI=1S/C47H48FN11O6/c48-36-24-34-35(47(65)59(46(34)64)37-10-11-39(60)54-45(37)63)25-38(36)56-14-12-29(13-15-56)21-41(62)57-18-16-55(17-19-57)32-8-6-30(7-9-32)53-43-42-44(50-26-49-43)58(27-51-42)33-22-31(23-33)52-40(61)20-28-4-2-1-3-5-28/h1-9,24-27,29,31,33,37H,10-23H2,(H,52,61)(H,49,50,53)(H,54,60,63)/t31?,33?,37-/m0/s1. The Morgan fingerprint density at radius 1 is 0.800 bits per heavy atom. The first-order chi connectivity index (χ1) is 31.6. The molecule has 0 spiro atoms. The number of hydrogen-bond acceptors (Lipinski definition) is 12. The molecule has 0 radical (unpaired) electrons. The van der Waals surface area contributed by atoms with E-state index in [0.717, 1.165) is 46.4 Å². The second-order valence-electron chi connectivity index (χ2n) is 17.6. The predicted molar refractivity (Wildman–Crippen MR) is 237 cm³/mol. The zero-order valence-electron chi connectivity index (χ0n) is 35.6. The van der Waals surface area contributed by atoms with E-state index in [9.17, 15) is 28.8 Å². The monoisotopic (exact) mass is 881 g/mol. The third-order valence-corrected chi connectivity index (χ3v) is 13.5. The highest BCUT2D eigenvalue weighted by Gasteiger charge is 2.45. The quantitative estimate of drug-likeness (QED) is 0.161. The molecule has 0 unspecified atom stereocenters. The lowest BCUT2D eigenvalue weighted by molar-refractivity contribution is -0.136. The summed E-state index contributed by atoms with van der Waals surface area (Å²) >= 11 is 0. The van der Waals surface area contributed by atoms with Crippen molar-refractivity contribution in [2.24, 2.45) is 5.92 Å². The summed E-state index contributed by atoms with van der Waals surface area (Å²) in [5.74, 6) is -2.38. The van der Waals surface area contributed by atoms with Crippen molar-refractivity contribution in [3.63, 3.8) is 0 Å². The third-order valence-electron chi connectivity index (χ3n) is 13.5. The van der Waals surface area contributed by atoms with Gasteiger partial charge in [0.2, 0.25) is 23.6 Å². The summed E-state index contributed by atoms with van der Waals surface area (Å²) in [6.45, 7) is 3.55. The van der Waals surface area contributed by atoms with Crippen LogP contribution in [-0.4, -0.2) is 116 Å². The third kappa shape index (κ3) is 8.35. The number of benzene rings is 3. The summed E-state index contributed by atoms with van der Waals surface area (Å²) in [5, 5.41) is 8.72.